The molecule has 0 bridgehead atoms. The molecular weight excluding hydrogens is 359 g/mol. The largest absolute Gasteiger partial charge is 0.472 e. The van der Waals surface area contributed by atoms with Gasteiger partial charge < -0.3 is 14.8 Å². The van der Waals surface area contributed by atoms with Gasteiger partial charge in [0, 0.05) is 24.4 Å². The minimum Gasteiger partial charge on any atom is -0.472 e. The van der Waals surface area contributed by atoms with Crippen LogP contribution in [0.25, 0.3) is 0 Å². The first kappa shape index (κ1) is 18.9. The average Bonchev–Trinajstić information content (AvgIpc) is 3.15. The first-order chi connectivity index (χ1) is 13.7. The van der Waals surface area contributed by atoms with Crippen LogP contribution in [-0.2, 0) is 11.3 Å². The Bertz CT molecular complexity index is 836. The molecule has 0 radical (unpaired) electrons. The Hall–Kier alpha value is -2.47. The van der Waals surface area contributed by atoms with Crippen molar-refractivity contribution < 1.29 is 18.7 Å². The van der Waals surface area contributed by atoms with Gasteiger partial charge in [0.25, 0.3) is 5.91 Å². The van der Waals surface area contributed by atoms with Gasteiger partial charge in [0.15, 0.2) is 0 Å². The minimum absolute atomic E-state index is 0.0182. The highest BCUT2D eigenvalue weighted by molar-refractivity contribution is 5.96. The summed E-state index contributed by atoms with van der Waals surface area (Å²) in [4.78, 5) is 17.0. The van der Waals surface area contributed by atoms with Crippen LogP contribution in [0.3, 0.4) is 0 Å². The maximum atomic E-state index is 13.8. The van der Waals surface area contributed by atoms with Gasteiger partial charge in [0.1, 0.15) is 18.0 Å². The van der Waals surface area contributed by atoms with Gasteiger partial charge >= 0.3 is 0 Å². The van der Waals surface area contributed by atoms with Gasteiger partial charge in [0.05, 0.1) is 5.60 Å². The molecule has 148 valence electrons. The summed E-state index contributed by atoms with van der Waals surface area (Å²) in [5, 5.41) is 3.12. The van der Waals surface area contributed by atoms with Gasteiger partial charge in [-0.2, -0.15) is 0 Å². The van der Waals surface area contributed by atoms with Crippen LogP contribution in [-0.4, -0.2) is 29.1 Å². The van der Waals surface area contributed by atoms with E-state index in [2.05, 4.69) is 10.3 Å². The van der Waals surface area contributed by atoms with Crippen molar-refractivity contribution in [2.45, 2.75) is 56.8 Å². The summed E-state index contributed by atoms with van der Waals surface area (Å²) in [6.07, 6.45) is 7.75. The summed E-state index contributed by atoms with van der Waals surface area (Å²) in [6.45, 7) is 0.693. The van der Waals surface area contributed by atoms with Crippen LogP contribution in [0.15, 0.2) is 42.6 Å². The van der Waals surface area contributed by atoms with Gasteiger partial charge in [-0.15, -0.1) is 0 Å². The van der Waals surface area contributed by atoms with Crippen LogP contribution in [0.1, 0.15) is 54.4 Å². The molecule has 1 saturated heterocycles. The third-order valence-electron chi connectivity index (χ3n) is 5.68. The van der Waals surface area contributed by atoms with E-state index in [1.807, 2.05) is 0 Å². The summed E-state index contributed by atoms with van der Waals surface area (Å²) in [5.74, 6) is -0.337. The predicted octanol–water partition coefficient (Wildman–Crippen LogP) is 4.02. The van der Waals surface area contributed by atoms with Crippen molar-refractivity contribution in [3.8, 4) is 5.88 Å². The second kappa shape index (κ2) is 8.27. The normalized spacial score (nSPS) is 20.8. The lowest BCUT2D eigenvalue weighted by atomic mass is 9.89. The smallest absolute Gasteiger partial charge is 0.256 e. The van der Waals surface area contributed by atoms with E-state index in [-0.39, 0.29) is 35.9 Å². The molecule has 5 nitrogen and oxygen atoms in total. The molecule has 28 heavy (non-hydrogen) atoms. The fourth-order valence-corrected chi connectivity index (χ4v) is 4.22. The standard InChI is InChI=1S/C22H25FN2O3/c23-19-8-2-1-6-16(19)15-27-21-18(7-5-12-24-21)20(26)25-17-9-13-28-22(14-17)10-3-4-11-22/h1-2,5-8,12,17H,3-4,9-11,13-15H2,(H,25,26)/t17-/m0/s1. The summed E-state index contributed by atoms with van der Waals surface area (Å²) in [5.41, 5.74) is 0.730. The molecule has 6 heteroatoms. The lowest BCUT2D eigenvalue weighted by Gasteiger charge is -2.38. The van der Waals surface area contributed by atoms with E-state index >= 15 is 0 Å². The highest BCUT2D eigenvalue weighted by atomic mass is 19.1. The van der Waals surface area contributed by atoms with E-state index in [0.717, 1.165) is 25.7 Å². The van der Waals surface area contributed by atoms with Crippen LogP contribution in [0.2, 0.25) is 0 Å². The fraction of sp³-hybridized carbons (Fsp3) is 0.455. The molecule has 1 N–H and O–H groups in total. The van der Waals surface area contributed by atoms with Crippen molar-refractivity contribution in [3.63, 3.8) is 0 Å². The molecule has 2 aromatic rings. The second-order valence-corrected chi connectivity index (χ2v) is 7.64. The number of amides is 1. The number of benzene rings is 1. The third-order valence-corrected chi connectivity index (χ3v) is 5.68. The number of nitrogens with zero attached hydrogens (tertiary/aromatic N) is 1. The lowest BCUT2D eigenvalue weighted by Crippen LogP contribution is -2.47. The molecule has 1 aromatic carbocycles. The van der Waals surface area contributed by atoms with Crippen molar-refractivity contribution >= 4 is 5.91 Å². The Labute approximate surface area is 164 Å². The van der Waals surface area contributed by atoms with Gasteiger partial charge in [-0.25, -0.2) is 9.37 Å². The average molecular weight is 384 g/mol. The molecule has 1 aliphatic carbocycles. The van der Waals surface area contributed by atoms with E-state index < -0.39 is 0 Å². The summed E-state index contributed by atoms with van der Waals surface area (Å²) in [6, 6.07) is 9.88. The zero-order chi connectivity index (χ0) is 19.4. The van der Waals surface area contributed by atoms with Gasteiger partial charge in [-0.1, -0.05) is 31.0 Å². The second-order valence-electron chi connectivity index (χ2n) is 7.64. The Kier molecular flexibility index (Phi) is 5.57. The minimum atomic E-state index is -0.339. The van der Waals surface area contributed by atoms with E-state index in [1.165, 1.54) is 18.9 Å². The van der Waals surface area contributed by atoms with E-state index in [4.69, 9.17) is 9.47 Å². The van der Waals surface area contributed by atoms with Crippen molar-refractivity contribution in [3.05, 3.63) is 59.5 Å². The first-order valence-corrected chi connectivity index (χ1v) is 9.91. The van der Waals surface area contributed by atoms with Gasteiger partial charge in [-0.05, 0) is 43.9 Å². The van der Waals surface area contributed by atoms with Crippen LogP contribution in [0, 0.1) is 5.82 Å². The maximum absolute atomic E-state index is 13.8. The Morgan fingerprint density at radius 2 is 2.07 bits per heavy atom. The maximum Gasteiger partial charge on any atom is 0.256 e. The predicted molar refractivity (Wildman–Crippen MR) is 103 cm³/mol. The number of pyridine rings is 1. The highest BCUT2D eigenvalue weighted by Crippen LogP contribution is 2.40. The lowest BCUT2D eigenvalue weighted by molar-refractivity contribution is -0.0823. The molecular formula is C22H25FN2O3. The monoisotopic (exact) mass is 384 g/mol. The zero-order valence-electron chi connectivity index (χ0n) is 15.8. The van der Waals surface area contributed by atoms with Gasteiger partial charge in [0.2, 0.25) is 5.88 Å². The molecule has 1 saturated carbocycles. The fourth-order valence-electron chi connectivity index (χ4n) is 4.22. The Morgan fingerprint density at radius 1 is 1.25 bits per heavy atom. The summed E-state index contributed by atoms with van der Waals surface area (Å²) in [7, 11) is 0. The topological polar surface area (TPSA) is 60.5 Å². The van der Waals surface area contributed by atoms with Crippen molar-refractivity contribution in [1.82, 2.24) is 10.3 Å². The first-order valence-electron chi connectivity index (χ1n) is 9.91. The van der Waals surface area contributed by atoms with E-state index in [0.29, 0.717) is 17.7 Å². The molecule has 2 aliphatic rings. The zero-order valence-corrected chi connectivity index (χ0v) is 15.8. The number of carbonyl (C=O) groups is 1. The van der Waals surface area contributed by atoms with Crippen LogP contribution < -0.4 is 10.1 Å². The van der Waals surface area contributed by atoms with Crippen molar-refractivity contribution in [2.24, 2.45) is 0 Å². The number of aromatic nitrogens is 1. The molecule has 1 spiro atoms. The highest BCUT2D eigenvalue weighted by Gasteiger charge is 2.40. The SMILES string of the molecule is O=C(N[C@H]1CCOC2(CCCC2)C1)c1cccnc1OCc1ccccc1F. The van der Waals surface area contributed by atoms with Crippen LogP contribution in [0.5, 0.6) is 5.88 Å². The number of hydrogen-bond acceptors (Lipinski definition) is 4. The number of nitrogens with one attached hydrogen (secondary N) is 1. The summed E-state index contributed by atoms with van der Waals surface area (Å²) < 4.78 is 25.5. The van der Waals surface area contributed by atoms with E-state index in [9.17, 15) is 9.18 Å². The Balaban J connectivity index is 1.42. The van der Waals surface area contributed by atoms with Crippen LogP contribution >= 0.6 is 0 Å². The molecule has 1 atom stereocenters. The van der Waals surface area contributed by atoms with Crippen molar-refractivity contribution in [1.29, 1.82) is 0 Å². The molecule has 1 amide bonds. The number of rotatable bonds is 5. The number of ether oxygens (including phenoxy) is 2. The molecule has 4 rings (SSSR count). The third kappa shape index (κ3) is 4.17. The molecule has 2 fully saturated rings. The Morgan fingerprint density at radius 3 is 2.89 bits per heavy atom. The van der Waals surface area contributed by atoms with Crippen molar-refractivity contribution in [2.75, 3.05) is 6.61 Å². The molecule has 1 aliphatic heterocycles. The quantitative estimate of drug-likeness (QED) is 0.846. The summed E-state index contributed by atoms with van der Waals surface area (Å²) >= 11 is 0. The number of hydrogen-bond donors (Lipinski definition) is 1. The number of halogens is 1. The molecule has 1 aromatic heterocycles. The van der Waals surface area contributed by atoms with E-state index in [1.54, 1.807) is 36.5 Å². The van der Waals surface area contributed by atoms with Crippen LogP contribution in [0.4, 0.5) is 4.39 Å². The van der Waals surface area contributed by atoms with Gasteiger partial charge in [-0.3, -0.25) is 4.79 Å². The molecule has 0 unspecified atom stereocenters. The molecule has 2 heterocycles. The number of carbonyl (C=O) groups excluding carboxylic acids is 1.